The van der Waals surface area contributed by atoms with Gasteiger partial charge < -0.3 is 29.1 Å². The summed E-state index contributed by atoms with van der Waals surface area (Å²) in [5.74, 6) is 0.145. The van der Waals surface area contributed by atoms with E-state index in [1.54, 1.807) is 29.3 Å². The molecule has 8 rings (SSSR count). The van der Waals surface area contributed by atoms with Crippen molar-refractivity contribution in [1.82, 2.24) is 30.2 Å². The maximum atomic E-state index is 13.6. The predicted octanol–water partition coefficient (Wildman–Crippen LogP) is 2.85. The molecule has 0 radical (unpaired) electrons. The summed E-state index contributed by atoms with van der Waals surface area (Å²) >= 11 is 0. The van der Waals surface area contributed by atoms with Gasteiger partial charge in [0.2, 0.25) is 17.7 Å². The minimum atomic E-state index is -4.51. The number of amides is 3. The van der Waals surface area contributed by atoms with Gasteiger partial charge in [0.25, 0.3) is 5.88 Å². The molecular weight excluding hydrogens is 717 g/mol. The van der Waals surface area contributed by atoms with Crippen molar-refractivity contribution in [2.45, 2.75) is 56.5 Å². The van der Waals surface area contributed by atoms with Gasteiger partial charge in [0.05, 0.1) is 42.6 Å². The smallest absolute Gasteiger partial charge is 0.454 e. The van der Waals surface area contributed by atoms with Crippen LogP contribution >= 0.6 is 7.75 Å². The van der Waals surface area contributed by atoms with Gasteiger partial charge in [-0.3, -0.25) is 24.6 Å². The summed E-state index contributed by atoms with van der Waals surface area (Å²) in [7, 11) is -4.51. The molecule has 3 fully saturated rings. The summed E-state index contributed by atoms with van der Waals surface area (Å²) < 4.78 is 24.6. The topological polar surface area (TPSA) is 219 Å². The van der Waals surface area contributed by atoms with Crippen LogP contribution in [0.1, 0.15) is 50.0 Å². The van der Waals surface area contributed by atoms with Crippen molar-refractivity contribution in [3.8, 4) is 34.3 Å². The minimum Gasteiger partial charge on any atom is -0.507 e. The number of piperazine rings is 1. The molecule has 2 atom stereocenters. The molecule has 2 aromatic heterocycles. The van der Waals surface area contributed by atoms with Crippen molar-refractivity contribution in [3.63, 3.8) is 0 Å². The number of phenolic OH excluding ortho intramolecular Hbond substituents is 1. The standard InChI is InChI=1S/C36H40N9O8P/c37-54(50,51)53-36-30(18-27(40-41-36)26-4-1-2-7-31(26)46)45-20-24(19-38-45)43-15-14-42(21-33(43)48)23-10-8-22(9-11-23)25-5-3-6-28-34(25)52-17-16-44(28)29-12-13-32(47)39-35(29)49/h1-7,18-20,22-23,29,46H,8-17,21H2,(H3,37,50,51)(H,39,47,49)/t22?,23?,29-/m0/s1. The Kier molecular flexibility index (Phi) is 9.56. The van der Waals surface area contributed by atoms with Gasteiger partial charge in [0, 0.05) is 31.1 Å². The Morgan fingerprint density at radius 3 is 2.54 bits per heavy atom. The van der Waals surface area contributed by atoms with Crippen LogP contribution in [0.15, 0.2) is 60.9 Å². The van der Waals surface area contributed by atoms with E-state index in [1.165, 1.54) is 23.0 Å². The molecule has 18 heteroatoms. The molecule has 17 nitrogen and oxygen atoms in total. The number of phenols is 1. The second kappa shape index (κ2) is 14.5. The molecule has 0 spiro atoms. The third kappa shape index (κ3) is 7.14. The van der Waals surface area contributed by atoms with Crippen LogP contribution in [0, 0.1) is 0 Å². The van der Waals surface area contributed by atoms with E-state index in [2.05, 4.69) is 36.5 Å². The number of hydrogen-bond donors (Lipinski definition) is 4. The number of piperidine rings is 1. The highest BCUT2D eigenvalue weighted by Gasteiger charge is 2.38. The molecule has 1 unspecified atom stereocenters. The first-order valence-corrected chi connectivity index (χ1v) is 19.6. The van der Waals surface area contributed by atoms with Crippen LogP contribution in [0.2, 0.25) is 0 Å². The highest BCUT2D eigenvalue weighted by atomic mass is 31.2. The van der Waals surface area contributed by atoms with Crippen LogP contribution in [0.3, 0.4) is 0 Å². The van der Waals surface area contributed by atoms with Crippen molar-refractivity contribution < 1.29 is 38.2 Å². The van der Waals surface area contributed by atoms with E-state index < -0.39 is 13.8 Å². The van der Waals surface area contributed by atoms with E-state index in [0.717, 1.165) is 42.7 Å². The molecular formula is C36H40N9O8P. The number of nitrogens with zero attached hydrogens (tertiary/aromatic N) is 7. The first kappa shape index (κ1) is 35.7. The van der Waals surface area contributed by atoms with E-state index in [-0.39, 0.29) is 59.2 Å². The fourth-order valence-corrected chi connectivity index (χ4v) is 8.45. The number of fused-ring (bicyclic) bond motifs is 1. The van der Waals surface area contributed by atoms with Crippen LogP contribution in [-0.4, -0.2) is 97.5 Å². The predicted molar refractivity (Wildman–Crippen MR) is 195 cm³/mol. The zero-order chi connectivity index (χ0) is 37.6. The van der Waals surface area contributed by atoms with Crippen LogP contribution in [0.5, 0.6) is 17.4 Å². The number of anilines is 2. The number of aromatic hydroxyl groups is 1. The summed E-state index contributed by atoms with van der Waals surface area (Å²) in [6.07, 6.45) is 7.63. The van der Waals surface area contributed by atoms with Crippen LogP contribution < -0.4 is 29.9 Å². The minimum absolute atomic E-state index is 0.0393. The average Bonchev–Trinajstić information content (AvgIpc) is 3.64. The Bertz CT molecular complexity index is 2150. The molecule has 4 aromatic rings. The average molecular weight is 758 g/mol. The number of rotatable bonds is 8. The Hall–Kier alpha value is -5.35. The van der Waals surface area contributed by atoms with Gasteiger partial charge in [0.15, 0.2) is 0 Å². The summed E-state index contributed by atoms with van der Waals surface area (Å²) in [5.41, 5.74) is 8.59. The quantitative estimate of drug-likeness (QED) is 0.150. The zero-order valence-electron chi connectivity index (χ0n) is 29.3. The number of imide groups is 1. The van der Waals surface area contributed by atoms with Gasteiger partial charge in [-0.05, 0) is 67.9 Å². The highest BCUT2D eigenvalue weighted by molar-refractivity contribution is 7.50. The van der Waals surface area contributed by atoms with Crippen molar-refractivity contribution >= 4 is 36.8 Å². The summed E-state index contributed by atoms with van der Waals surface area (Å²) in [6.45, 7) is 2.40. The van der Waals surface area contributed by atoms with Crippen LogP contribution in [0.25, 0.3) is 16.9 Å². The van der Waals surface area contributed by atoms with Gasteiger partial charge in [-0.15, -0.1) is 10.2 Å². The summed E-state index contributed by atoms with van der Waals surface area (Å²) in [6, 6.07) is 14.0. The number of hydrogen-bond acceptors (Lipinski definition) is 12. The zero-order valence-corrected chi connectivity index (χ0v) is 30.2. The fourth-order valence-electron chi connectivity index (χ4n) is 8.07. The van der Waals surface area contributed by atoms with E-state index in [4.69, 9.17) is 14.8 Å². The van der Waals surface area contributed by atoms with Gasteiger partial charge in [-0.2, -0.15) is 5.10 Å². The molecule has 4 aliphatic rings. The number of nitrogens with one attached hydrogen (secondary N) is 1. The Morgan fingerprint density at radius 2 is 1.78 bits per heavy atom. The first-order chi connectivity index (χ1) is 26.0. The second-order valence-corrected chi connectivity index (χ2v) is 15.3. The second-order valence-electron chi connectivity index (χ2n) is 14.0. The first-order valence-electron chi connectivity index (χ1n) is 17.9. The Balaban J connectivity index is 0.928. The molecule has 0 bridgehead atoms. The lowest BCUT2D eigenvalue weighted by Crippen LogP contribution is -2.54. The molecule has 3 amide bonds. The number of carbonyl (C=O) groups is 3. The lowest BCUT2D eigenvalue weighted by Gasteiger charge is -2.42. The number of aromatic nitrogens is 4. The highest BCUT2D eigenvalue weighted by Crippen LogP contribution is 2.45. The SMILES string of the molecule is NP(=O)(O)Oc1nnc(-c2ccccc2O)cc1-n1cc(N2CCN(C3CCC(c4cccc5c4OCCN5[C@H]4CCC(=O)NC4=O)CC3)CC2=O)cn1. The molecule has 5 heterocycles. The molecule has 3 aliphatic heterocycles. The number of ether oxygens (including phenoxy) is 1. The van der Waals surface area contributed by atoms with E-state index in [1.807, 2.05) is 12.1 Å². The lowest BCUT2D eigenvalue weighted by molar-refractivity contribution is -0.134. The van der Waals surface area contributed by atoms with Gasteiger partial charge in [-0.25, -0.2) is 14.8 Å². The molecule has 54 heavy (non-hydrogen) atoms. The molecule has 1 saturated carbocycles. The Labute approximate surface area is 310 Å². The van der Waals surface area contributed by atoms with Crippen molar-refractivity contribution in [2.24, 2.45) is 5.50 Å². The van der Waals surface area contributed by atoms with Crippen LogP contribution in [0.4, 0.5) is 11.4 Å². The van der Waals surface area contributed by atoms with Crippen molar-refractivity contribution in [1.29, 1.82) is 0 Å². The lowest BCUT2D eigenvalue weighted by atomic mass is 9.80. The summed E-state index contributed by atoms with van der Waals surface area (Å²) in [5, 5.41) is 25.2. The van der Waals surface area contributed by atoms with Crippen LogP contribution in [-0.2, 0) is 18.9 Å². The number of nitrogens with two attached hydrogens (primary N) is 1. The Morgan fingerprint density at radius 1 is 0.963 bits per heavy atom. The third-order valence-electron chi connectivity index (χ3n) is 10.7. The number of carbonyl (C=O) groups excluding carboxylic acids is 3. The molecule has 5 N–H and O–H groups in total. The van der Waals surface area contributed by atoms with E-state index in [0.29, 0.717) is 50.3 Å². The van der Waals surface area contributed by atoms with E-state index in [9.17, 15) is 28.9 Å². The maximum Gasteiger partial charge on any atom is 0.454 e. The van der Waals surface area contributed by atoms with Gasteiger partial charge >= 0.3 is 7.75 Å². The van der Waals surface area contributed by atoms with Gasteiger partial charge in [-0.1, -0.05) is 24.3 Å². The molecule has 2 saturated heterocycles. The molecule has 282 valence electrons. The number of benzene rings is 2. The van der Waals surface area contributed by atoms with E-state index >= 15 is 0 Å². The third-order valence-corrected chi connectivity index (χ3v) is 11.1. The van der Waals surface area contributed by atoms with Crippen molar-refractivity contribution in [2.75, 3.05) is 42.6 Å². The number of para-hydroxylation sites is 2. The van der Waals surface area contributed by atoms with Crippen molar-refractivity contribution in [3.05, 3.63) is 66.5 Å². The summed E-state index contributed by atoms with van der Waals surface area (Å²) in [4.78, 5) is 53.8. The monoisotopic (exact) mass is 757 g/mol. The fraction of sp³-hybridized carbons (Fsp3) is 0.389. The van der Waals surface area contributed by atoms with Gasteiger partial charge in [0.1, 0.15) is 29.8 Å². The molecule has 1 aliphatic carbocycles. The maximum absolute atomic E-state index is 13.6. The largest absolute Gasteiger partial charge is 0.507 e. The normalized spacial score (nSPS) is 23.3. The molecule has 2 aromatic carbocycles.